The molecular formula is C14H24FNO2. The zero-order chi connectivity index (χ0) is 13.4. The van der Waals surface area contributed by atoms with Crippen LogP contribution in [0, 0.1) is 5.41 Å². The highest BCUT2D eigenvalue weighted by molar-refractivity contribution is 5.67. The Hall–Kier alpha value is -1.06. The van der Waals surface area contributed by atoms with Gasteiger partial charge in [0.15, 0.2) is 0 Å². The Morgan fingerprint density at radius 2 is 2.33 bits per heavy atom. The van der Waals surface area contributed by atoms with Crippen molar-refractivity contribution in [3.05, 3.63) is 12.2 Å². The quantitative estimate of drug-likeness (QED) is 0.780. The maximum Gasteiger partial charge on any atom is 0.407 e. The maximum absolute atomic E-state index is 13.0. The largest absolute Gasteiger partial charge is 0.442 e. The van der Waals surface area contributed by atoms with Gasteiger partial charge >= 0.3 is 6.09 Å². The van der Waals surface area contributed by atoms with Crippen molar-refractivity contribution in [1.82, 2.24) is 5.32 Å². The van der Waals surface area contributed by atoms with E-state index in [9.17, 15) is 9.18 Å². The van der Waals surface area contributed by atoms with E-state index in [1.807, 2.05) is 26.0 Å². The summed E-state index contributed by atoms with van der Waals surface area (Å²) in [5.41, 5.74) is -0.272. The van der Waals surface area contributed by atoms with Gasteiger partial charge < -0.3 is 10.1 Å². The normalized spacial score (nSPS) is 30.1. The molecule has 104 valence electrons. The van der Waals surface area contributed by atoms with E-state index in [1.54, 1.807) is 0 Å². The number of rotatable bonds is 4. The van der Waals surface area contributed by atoms with Gasteiger partial charge in [0, 0.05) is 6.54 Å². The lowest BCUT2D eigenvalue weighted by atomic mass is 9.80. The molecule has 2 unspecified atom stereocenters. The van der Waals surface area contributed by atoms with Gasteiger partial charge in [0.25, 0.3) is 0 Å². The number of allylic oxidation sites excluding steroid dienone is 1. The third-order valence-corrected chi connectivity index (χ3v) is 3.40. The van der Waals surface area contributed by atoms with Crippen LogP contribution >= 0.6 is 0 Å². The first-order chi connectivity index (χ1) is 8.59. The van der Waals surface area contributed by atoms with Crippen molar-refractivity contribution in [2.45, 2.75) is 52.1 Å². The molecule has 0 bridgehead atoms. The summed E-state index contributed by atoms with van der Waals surface area (Å²) in [6.45, 7) is 4.26. The Balaban J connectivity index is 2.46. The van der Waals surface area contributed by atoms with Crippen LogP contribution in [0.15, 0.2) is 12.2 Å². The first kappa shape index (κ1) is 15.0. The number of hydrogen-bond acceptors (Lipinski definition) is 2. The van der Waals surface area contributed by atoms with Gasteiger partial charge in [-0.3, -0.25) is 4.39 Å². The molecule has 0 radical (unpaired) electrons. The summed E-state index contributed by atoms with van der Waals surface area (Å²) in [4.78, 5) is 11.5. The van der Waals surface area contributed by atoms with Gasteiger partial charge in [-0.2, -0.15) is 0 Å². The van der Waals surface area contributed by atoms with E-state index in [-0.39, 0.29) is 24.3 Å². The van der Waals surface area contributed by atoms with Crippen molar-refractivity contribution in [3.8, 4) is 0 Å². The first-order valence-electron chi connectivity index (χ1n) is 6.77. The Morgan fingerprint density at radius 1 is 1.56 bits per heavy atom. The highest BCUT2D eigenvalue weighted by Crippen LogP contribution is 2.32. The molecule has 0 aromatic carbocycles. The minimum absolute atomic E-state index is 0.229. The lowest BCUT2D eigenvalue weighted by molar-refractivity contribution is 0.0969. The Bertz CT molecular complexity index is 294. The number of carbonyl (C=O) groups excluding carboxylic acids is 1. The van der Waals surface area contributed by atoms with Crippen molar-refractivity contribution in [1.29, 1.82) is 0 Å². The topological polar surface area (TPSA) is 38.3 Å². The average molecular weight is 256 g/mol. The average Bonchev–Trinajstić information content (AvgIpc) is 2.36. The van der Waals surface area contributed by atoms with Crippen molar-refractivity contribution in [2.75, 3.05) is 13.2 Å². The summed E-state index contributed by atoms with van der Waals surface area (Å²) in [5.74, 6) is 0. The van der Waals surface area contributed by atoms with Gasteiger partial charge in [-0.25, -0.2) is 4.79 Å². The SMILES string of the molecule is CCCNC(=O)OC1/C=C/CCC(C)(C[18F])CC1. The molecule has 0 aliphatic heterocycles. The van der Waals surface area contributed by atoms with Crippen molar-refractivity contribution in [3.63, 3.8) is 0 Å². The van der Waals surface area contributed by atoms with Gasteiger partial charge in [0.05, 0.1) is 6.67 Å². The molecule has 0 spiro atoms. The van der Waals surface area contributed by atoms with Gasteiger partial charge in [-0.1, -0.05) is 19.9 Å². The second kappa shape index (κ2) is 7.39. The smallest absolute Gasteiger partial charge is 0.407 e. The van der Waals surface area contributed by atoms with E-state index in [1.165, 1.54) is 0 Å². The molecule has 18 heavy (non-hydrogen) atoms. The zero-order valence-corrected chi connectivity index (χ0v) is 11.4. The fourth-order valence-corrected chi connectivity index (χ4v) is 2.03. The lowest BCUT2D eigenvalue weighted by Gasteiger charge is -2.29. The Labute approximate surface area is 109 Å². The van der Waals surface area contributed by atoms with Gasteiger partial charge in [0.2, 0.25) is 0 Å². The van der Waals surface area contributed by atoms with E-state index in [0.717, 1.165) is 25.7 Å². The molecule has 0 aromatic heterocycles. The molecule has 1 aliphatic carbocycles. The summed E-state index contributed by atoms with van der Waals surface area (Å²) in [7, 11) is 0. The number of hydrogen-bond donors (Lipinski definition) is 1. The maximum atomic E-state index is 13.0. The van der Waals surface area contributed by atoms with Crippen LogP contribution in [0.4, 0.5) is 9.18 Å². The molecule has 1 rings (SSSR count). The first-order valence-corrected chi connectivity index (χ1v) is 6.77. The van der Waals surface area contributed by atoms with Crippen LogP contribution < -0.4 is 5.32 Å². The number of halogens is 1. The Kier molecular flexibility index (Phi) is 6.16. The van der Waals surface area contributed by atoms with Crippen molar-refractivity contribution >= 4 is 6.09 Å². The fourth-order valence-electron chi connectivity index (χ4n) is 2.03. The number of amides is 1. The second-order valence-corrected chi connectivity index (χ2v) is 5.32. The molecule has 0 aromatic rings. The van der Waals surface area contributed by atoms with Crippen LogP contribution in [-0.2, 0) is 4.74 Å². The summed E-state index contributed by atoms with van der Waals surface area (Å²) in [6, 6.07) is 0. The minimum atomic E-state index is -0.381. The predicted molar refractivity (Wildman–Crippen MR) is 70.3 cm³/mol. The van der Waals surface area contributed by atoms with E-state index in [0.29, 0.717) is 13.0 Å². The molecular weight excluding hydrogens is 232 g/mol. The zero-order valence-electron chi connectivity index (χ0n) is 11.4. The second-order valence-electron chi connectivity index (χ2n) is 5.32. The van der Waals surface area contributed by atoms with E-state index < -0.39 is 0 Å². The highest BCUT2D eigenvalue weighted by atomic mass is 18.2. The van der Waals surface area contributed by atoms with Crippen LogP contribution in [0.1, 0.15) is 46.0 Å². The van der Waals surface area contributed by atoms with Crippen LogP contribution in [-0.4, -0.2) is 25.4 Å². The number of nitrogens with one attached hydrogen (secondary N) is 1. The molecule has 1 amide bonds. The van der Waals surface area contributed by atoms with E-state index >= 15 is 0 Å². The third kappa shape index (κ3) is 5.07. The molecule has 0 saturated carbocycles. The minimum Gasteiger partial charge on any atom is -0.442 e. The number of carbonyl (C=O) groups is 1. The van der Waals surface area contributed by atoms with Crippen LogP contribution in [0.25, 0.3) is 0 Å². The monoisotopic (exact) mass is 256 g/mol. The summed E-state index contributed by atoms with van der Waals surface area (Å²) in [6.07, 6.45) is 7.33. The van der Waals surface area contributed by atoms with Gasteiger partial charge in [0.1, 0.15) is 6.10 Å². The standard InChI is InChI=1S/C14H24FNO2/c1-3-10-16-13(17)18-12-6-4-5-8-14(2,11-15)9-7-12/h4,6,12H,3,5,7-11H2,1-2H3,(H,16,17)/b6-4+/i15-1. The van der Waals surface area contributed by atoms with Crippen LogP contribution in [0.2, 0.25) is 0 Å². The molecule has 0 fully saturated rings. The fraction of sp³-hybridized carbons (Fsp3) is 0.786. The van der Waals surface area contributed by atoms with Crippen molar-refractivity contribution < 1.29 is 13.9 Å². The molecule has 0 heterocycles. The van der Waals surface area contributed by atoms with Gasteiger partial charge in [-0.15, -0.1) is 0 Å². The summed E-state index contributed by atoms with van der Waals surface area (Å²) in [5, 5.41) is 2.68. The van der Waals surface area contributed by atoms with Crippen molar-refractivity contribution in [2.24, 2.45) is 5.41 Å². The van der Waals surface area contributed by atoms with Crippen LogP contribution in [0.3, 0.4) is 0 Å². The molecule has 3 nitrogen and oxygen atoms in total. The summed E-state index contributed by atoms with van der Waals surface area (Å²) >= 11 is 0. The summed E-state index contributed by atoms with van der Waals surface area (Å²) < 4.78 is 18.3. The number of alkyl carbamates (subject to hydrolysis) is 1. The molecule has 2 atom stereocenters. The molecule has 0 saturated heterocycles. The molecule has 4 heteroatoms. The third-order valence-electron chi connectivity index (χ3n) is 3.40. The highest BCUT2D eigenvalue weighted by Gasteiger charge is 2.26. The molecule has 1 N–H and O–H groups in total. The van der Waals surface area contributed by atoms with Gasteiger partial charge in [-0.05, 0) is 43.6 Å². The number of ether oxygens (including phenoxy) is 1. The van der Waals surface area contributed by atoms with E-state index in [2.05, 4.69) is 5.32 Å². The predicted octanol–water partition coefficient (Wildman–Crippen LogP) is 3.60. The Morgan fingerprint density at radius 3 is 3.00 bits per heavy atom. The van der Waals surface area contributed by atoms with E-state index in [4.69, 9.17) is 4.74 Å². The number of alkyl halides is 1. The molecule has 1 aliphatic rings. The van der Waals surface area contributed by atoms with Crippen LogP contribution in [0.5, 0.6) is 0 Å². The lowest BCUT2D eigenvalue weighted by Crippen LogP contribution is -2.30.